The Hall–Kier alpha value is -3.68. The second-order valence-corrected chi connectivity index (χ2v) is 5.68. The second kappa shape index (κ2) is 6.32. The van der Waals surface area contributed by atoms with Gasteiger partial charge in [-0.2, -0.15) is 0 Å². The summed E-state index contributed by atoms with van der Waals surface area (Å²) < 4.78 is 5.17. The molecule has 0 aliphatic heterocycles. The van der Waals surface area contributed by atoms with E-state index in [9.17, 15) is 9.59 Å². The molecule has 2 aromatic heterocycles. The van der Waals surface area contributed by atoms with Crippen molar-refractivity contribution in [3.8, 4) is 5.75 Å². The molecule has 130 valence electrons. The molecule has 1 amide bonds. The van der Waals surface area contributed by atoms with Crippen molar-refractivity contribution in [1.29, 1.82) is 0 Å². The van der Waals surface area contributed by atoms with Crippen LogP contribution in [0.2, 0.25) is 0 Å². The maximum atomic E-state index is 12.3. The lowest BCUT2D eigenvalue weighted by Gasteiger charge is -2.04. The van der Waals surface area contributed by atoms with Gasteiger partial charge in [-0.3, -0.25) is 9.59 Å². The van der Waals surface area contributed by atoms with Crippen LogP contribution in [-0.4, -0.2) is 33.0 Å². The first-order chi connectivity index (χ1) is 12.6. The molecule has 4 rings (SSSR count). The molecule has 26 heavy (non-hydrogen) atoms. The highest BCUT2D eigenvalue weighted by Gasteiger charge is 2.12. The van der Waals surface area contributed by atoms with Crippen molar-refractivity contribution in [3.63, 3.8) is 0 Å². The van der Waals surface area contributed by atoms with Gasteiger partial charge < -0.3 is 20.0 Å². The van der Waals surface area contributed by atoms with E-state index in [-0.39, 0.29) is 17.9 Å². The van der Waals surface area contributed by atoms with E-state index in [1.807, 2.05) is 18.2 Å². The number of rotatable bonds is 4. The summed E-state index contributed by atoms with van der Waals surface area (Å²) in [4.78, 5) is 38.6. The molecule has 0 spiro atoms. The summed E-state index contributed by atoms with van der Waals surface area (Å²) in [5.41, 5.74) is 1.70. The summed E-state index contributed by atoms with van der Waals surface area (Å²) in [6, 6.07) is 12.3. The summed E-state index contributed by atoms with van der Waals surface area (Å²) >= 11 is 0. The maximum Gasteiger partial charge on any atom is 0.287 e. The number of hydrogen-bond donors (Lipinski definition) is 3. The molecule has 0 aliphatic rings. The van der Waals surface area contributed by atoms with E-state index in [0.717, 1.165) is 16.8 Å². The largest absolute Gasteiger partial charge is 0.497 e. The van der Waals surface area contributed by atoms with Crippen molar-refractivity contribution in [2.75, 3.05) is 7.11 Å². The Morgan fingerprint density at radius 2 is 1.96 bits per heavy atom. The minimum Gasteiger partial charge on any atom is -0.497 e. The number of nitrogens with zero attached hydrogens (tertiary/aromatic N) is 2. The van der Waals surface area contributed by atoms with Gasteiger partial charge >= 0.3 is 0 Å². The summed E-state index contributed by atoms with van der Waals surface area (Å²) in [6.07, 6.45) is 0. The first-order valence-corrected chi connectivity index (χ1v) is 7.94. The highest BCUT2D eigenvalue weighted by molar-refractivity contribution is 5.92. The zero-order valence-electron chi connectivity index (χ0n) is 13.9. The first-order valence-electron chi connectivity index (χ1n) is 7.94. The van der Waals surface area contributed by atoms with Crippen molar-refractivity contribution >= 4 is 27.8 Å². The zero-order chi connectivity index (χ0) is 18.1. The predicted molar refractivity (Wildman–Crippen MR) is 96.2 cm³/mol. The van der Waals surface area contributed by atoms with Crippen molar-refractivity contribution < 1.29 is 9.53 Å². The molecule has 8 heteroatoms. The number of benzene rings is 2. The van der Waals surface area contributed by atoms with E-state index < -0.39 is 5.91 Å². The van der Waals surface area contributed by atoms with Gasteiger partial charge in [-0.25, -0.2) is 9.97 Å². The molecule has 2 heterocycles. The molecular weight excluding hydrogens is 334 g/mol. The lowest BCUT2D eigenvalue weighted by atomic mass is 10.2. The van der Waals surface area contributed by atoms with Crippen LogP contribution in [0, 0.1) is 0 Å². The number of aromatic amines is 2. The Morgan fingerprint density at radius 1 is 1.12 bits per heavy atom. The van der Waals surface area contributed by atoms with Crippen LogP contribution in [0.5, 0.6) is 5.75 Å². The van der Waals surface area contributed by atoms with E-state index in [1.165, 1.54) is 0 Å². The third-order valence-electron chi connectivity index (χ3n) is 3.98. The molecule has 0 saturated heterocycles. The van der Waals surface area contributed by atoms with Gasteiger partial charge in [0.1, 0.15) is 11.6 Å². The van der Waals surface area contributed by atoms with Crippen LogP contribution in [0.1, 0.15) is 16.4 Å². The third-order valence-corrected chi connectivity index (χ3v) is 3.98. The first kappa shape index (κ1) is 15.8. The Morgan fingerprint density at radius 3 is 2.81 bits per heavy atom. The molecular formula is C18H15N5O3. The number of ether oxygens (including phenoxy) is 1. The Kier molecular flexibility index (Phi) is 3.85. The highest BCUT2D eigenvalue weighted by atomic mass is 16.5. The average Bonchev–Trinajstić information content (AvgIpc) is 3.08. The molecule has 0 bridgehead atoms. The van der Waals surface area contributed by atoms with E-state index in [1.54, 1.807) is 31.4 Å². The van der Waals surface area contributed by atoms with Gasteiger partial charge in [-0.15, -0.1) is 0 Å². The molecule has 8 nitrogen and oxygen atoms in total. The number of aromatic nitrogens is 4. The molecule has 2 aromatic carbocycles. The number of H-pyrrole nitrogens is 2. The van der Waals surface area contributed by atoms with E-state index in [2.05, 4.69) is 25.3 Å². The molecule has 0 radical (unpaired) electrons. The number of amides is 1. The summed E-state index contributed by atoms with van der Waals surface area (Å²) in [5.74, 6) is 0.789. The Balaban J connectivity index is 1.54. The van der Waals surface area contributed by atoms with Crippen molar-refractivity contribution in [2.45, 2.75) is 6.54 Å². The third kappa shape index (κ3) is 2.88. The molecule has 0 unspecified atom stereocenters. The summed E-state index contributed by atoms with van der Waals surface area (Å²) in [5, 5.41) is 3.14. The molecule has 0 fully saturated rings. The maximum absolute atomic E-state index is 12.3. The van der Waals surface area contributed by atoms with Crippen LogP contribution in [0.4, 0.5) is 0 Å². The van der Waals surface area contributed by atoms with Gasteiger partial charge in [-0.1, -0.05) is 12.1 Å². The minimum atomic E-state index is -0.481. The molecule has 4 aromatic rings. The fraction of sp³-hybridized carbons (Fsp3) is 0.111. The number of carbonyl (C=O) groups is 1. The number of nitrogens with one attached hydrogen (secondary N) is 3. The predicted octanol–water partition coefficient (Wildman–Crippen LogP) is 1.74. The van der Waals surface area contributed by atoms with Gasteiger partial charge in [0, 0.05) is 6.07 Å². The SMILES string of the molecule is COc1ccc2nc(CNC(=O)c3nc4ccccc4c(=O)[nH]3)[nH]c2c1. The van der Waals surface area contributed by atoms with Crippen molar-refractivity contribution in [2.24, 2.45) is 0 Å². The number of fused-ring (bicyclic) bond motifs is 2. The molecule has 0 aliphatic carbocycles. The van der Waals surface area contributed by atoms with Crippen LogP contribution in [-0.2, 0) is 6.54 Å². The van der Waals surface area contributed by atoms with Crippen LogP contribution in [0.15, 0.2) is 47.3 Å². The number of carbonyl (C=O) groups excluding carboxylic acids is 1. The summed E-state index contributed by atoms with van der Waals surface area (Å²) in [7, 11) is 1.59. The quantitative estimate of drug-likeness (QED) is 0.519. The molecule has 0 atom stereocenters. The van der Waals surface area contributed by atoms with Crippen LogP contribution >= 0.6 is 0 Å². The van der Waals surface area contributed by atoms with Crippen LogP contribution in [0.25, 0.3) is 21.9 Å². The monoisotopic (exact) mass is 349 g/mol. The lowest BCUT2D eigenvalue weighted by molar-refractivity contribution is 0.0939. The molecule has 0 saturated carbocycles. The Bertz CT molecular complexity index is 1180. The van der Waals surface area contributed by atoms with E-state index >= 15 is 0 Å². The number of imidazole rings is 1. The number of hydrogen-bond acceptors (Lipinski definition) is 5. The van der Waals surface area contributed by atoms with Crippen molar-refractivity contribution in [3.05, 3.63) is 64.5 Å². The molecule has 3 N–H and O–H groups in total. The van der Waals surface area contributed by atoms with Gasteiger partial charge in [0.25, 0.3) is 11.5 Å². The normalized spacial score (nSPS) is 11.0. The lowest BCUT2D eigenvalue weighted by Crippen LogP contribution is -2.27. The average molecular weight is 349 g/mol. The van der Waals surface area contributed by atoms with Gasteiger partial charge in [0.15, 0.2) is 5.82 Å². The number of para-hydroxylation sites is 1. The van der Waals surface area contributed by atoms with Gasteiger partial charge in [0.05, 0.1) is 35.6 Å². The standard InChI is InChI=1S/C18H15N5O3/c1-26-10-6-7-13-14(8-10)21-15(20-13)9-19-18(25)16-22-12-5-3-2-4-11(12)17(24)23-16/h2-8H,9H2,1H3,(H,19,25)(H,20,21)(H,22,23,24). The highest BCUT2D eigenvalue weighted by Crippen LogP contribution is 2.18. The van der Waals surface area contributed by atoms with E-state index in [0.29, 0.717) is 16.7 Å². The smallest absolute Gasteiger partial charge is 0.287 e. The van der Waals surface area contributed by atoms with E-state index in [4.69, 9.17) is 4.74 Å². The van der Waals surface area contributed by atoms with Gasteiger partial charge in [-0.05, 0) is 24.3 Å². The zero-order valence-corrected chi connectivity index (χ0v) is 13.9. The minimum absolute atomic E-state index is 0.0357. The fourth-order valence-corrected chi connectivity index (χ4v) is 2.69. The summed E-state index contributed by atoms with van der Waals surface area (Å²) in [6.45, 7) is 0.173. The van der Waals surface area contributed by atoms with Crippen molar-refractivity contribution in [1.82, 2.24) is 25.3 Å². The van der Waals surface area contributed by atoms with Crippen LogP contribution < -0.4 is 15.6 Å². The van der Waals surface area contributed by atoms with Crippen LogP contribution in [0.3, 0.4) is 0 Å². The number of methoxy groups -OCH3 is 1. The Labute approximate surface area is 147 Å². The second-order valence-electron chi connectivity index (χ2n) is 5.68. The fourth-order valence-electron chi connectivity index (χ4n) is 2.69. The topological polar surface area (TPSA) is 113 Å². The van der Waals surface area contributed by atoms with Gasteiger partial charge in [0.2, 0.25) is 0 Å².